The van der Waals surface area contributed by atoms with Gasteiger partial charge in [0, 0.05) is 11.8 Å². The van der Waals surface area contributed by atoms with Gasteiger partial charge in [-0.1, -0.05) is 12.2 Å². The summed E-state index contributed by atoms with van der Waals surface area (Å²) in [4.78, 5) is 4.25. The second kappa shape index (κ2) is 5.27. The average molecular weight is 280 g/mol. The minimum absolute atomic E-state index is 0.116. The molecule has 0 amide bonds. The van der Waals surface area contributed by atoms with E-state index in [9.17, 15) is 8.78 Å². The molecule has 98 valence electrons. The summed E-state index contributed by atoms with van der Waals surface area (Å²) in [7, 11) is 0. The van der Waals surface area contributed by atoms with Crippen LogP contribution in [0.15, 0.2) is 30.3 Å². The highest BCUT2D eigenvalue weighted by molar-refractivity contribution is 7.80. The number of hydrogen-bond donors (Lipinski definition) is 1. The maximum atomic E-state index is 13.1. The number of aryl methyl sites for hydroxylation is 1. The Balaban J connectivity index is 2.39. The number of pyridine rings is 1. The second-order valence-electron chi connectivity index (χ2n) is 3.85. The maximum absolute atomic E-state index is 13.1. The van der Waals surface area contributed by atoms with E-state index in [1.165, 1.54) is 6.07 Å². The van der Waals surface area contributed by atoms with Gasteiger partial charge >= 0.3 is 0 Å². The van der Waals surface area contributed by atoms with Crippen LogP contribution in [-0.4, -0.2) is 9.97 Å². The van der Waals surface area contributed by atoms with E-state index in [0.717, 1.165) is 12.1 Å². The smallest absolute Gasteiger partial charge is 0.229 e. The van der Waals surface area contributed by atoms with E-state index < -0.39 is 11.6 Å². The van der Waals surface area contributed by atoms with Crippen LogP contribution >= 0.6 is 12.2 Å². The molecule has 6 heteroatoms. The minimum atomic E-state index is -0.998. The fourth-order valence-corrected chi connectivity index (χ4v) is 1.61. The summed E-state index contributed by atoms with van der Waals surface area (Å²) < 4.78 is 31.3. The molecule has 19 heavy (non-hydrogen) atoms. The molecule has 2 rings (SSSR count). The van der Waals surface area contributed by atoms with Gasteiger partial charge in [-0.2, -0.15) is 0 Å². The first kappa shape index (κ1) is 13.4. The van der Waals surface area contributed by atoms with Gasteiger partial charge in [0.2, 0.25) is 5.88 Å². The molecule has 0 fully saturated rings. The van der Waals surface area contributed by atoms with Gasteiger partial charge in [-0.15, -0.1) is 0 Å². The zero-order valence-corrected chi connectivity index (χ0v) is 10.8. The predicted molar refractivity (Wildman–Crippen MR) is 71.3 cm³/mol. The van der Waals surface area contributed by atoms with E-state index in [1.54, 1.807) is 19.1 Å². The van der Waals surface area contributed by atoms with Gasteiger partial charge in [0.1, 0.15) is 10.7 Å². The summed E-state index contributed by atoms with van der Waals surface area (Å²) >= 11 is 4.88. The molecule has 2 aromatic rings. The number of rotatable bonds is 3. The number of ether oxygens (including phenoxy) is 1. The average Bonchev–Trinajstić information content (AvgIpc) is 2.33. The highest BCUT2D eigenvalue weighted by atomic mass is 32.1. The van der Waals surface area contributed by atoms with Gasteiger partial charge in [-0.25, -0.2) is 13.8 Å². The molecule has 0 unspecified atom stereocenters. The molecule has 1 aromatic heterocycles. The monoisotopic (exact) mass is 280 g/mol. The quantitative estimate of drug-likeness (QED) is 0.878. The maximum Gasteiger partial charge on any atom is 0.229 e. The Labute approximate surface area is 114 Å². The van der Waals surface area contributed by atoms with Crippen molar-refractivity contribution in [1.29, 1.82) is 0 Å². The number of nitrogens with zero attached hydrogens (tertiary/aromatic N) is 1. The van der Waals surface area contributed by atoms with Crippen LogP contribution in [-0.2, 0) is 0 Å². The zero-order chi connectivity index (χ0) is 14.0. The second-order valence-corrected chi connectivity index (χ2v) is 4.29. The molecule has 1 heterocycles. The van der Waals surface area contributed by atoms with Crippen molar-refractivity contribution < 1.29 is 13.5 Å². The first-order valence-corrected chi connectivity index (χ1v) is 5.78. The topological polar surface area (TPSA) is 48.1 Å². The first-order chi connectivity index (χ1) is 8.97. The van der Waals surface area contributed by atoms with Gasteiger partial charge in [-0.05, 0) is 31.2 Å². The molecule has 0 saturated carbocycles. The van der Waals surface area contributed by atoms with Crippen LogP contribution in [0.5, 0.6) is 11.6 Å². The number of hydrogen-bond acceptors (Lipinski definition) is 3. The summed E-state index contributed by atoms with van der Waals surface area (Å²) in [5, 5.41) is 0. The molecule has 0 atom stereocenters. The minimum Gasteiger partial charge on any atom is -0.438 e. The highest BCUT2D eigenvalue weighted by Gasteiger charge is 2.11. The molecular weight excluding hydrogens is 270 g/mol. The van der Waals surface area contributed by atoms with Crippen molar-refractivity contribution in [3.8, 4) is 11.6 Å². The Bertz CT molecular complexity index is 647. The number of halogens is 2. The van der Waals surface area contributed by atoms with Gasteiger partial charge in [-0.3, -0.25) is 0 Å². The SMILES string of the molecule is Cc1ccc(C(N)=S)c(Oc2ccc(F)c(F)c2)n1. The van der Waals surface area contributed by atoms with E-state index in [1.807, 2.05) is 0 Å². The molecule has 0 spiro atoms. The summed E-state index contributed by atoms with van der Waals surface area (Å²) in [5.41, 5.74) is 6.68. The van der Waals surface area contributed by atoms with Crippen molar-refractivity contribution in [2.24, 2.45) is 5.73 Å². The first-order valence-electron chi connectivity index (χ1n) is 5.37. The Kier molecular flexibility index (Phi) is 3.71. The normalized spacial score (nSPS) is 10.3. The summed E-state index contributed by atoms with van der Waals surface area (Å²) in [6.45, 7) is 1.77. The lowest BCUT2D eigenvalue weighted by molar-refractivity contribution is 0.446. The highest BCUT2D eigenvalue weighted by Crippen LogP contribution is 2.25. The third kappa shape index (κ3) is 3.03. The summed E-state index contributed by atoms with van der Waals surface area (Å²) in [6, 6.07) is 6.60. The number of nitrogens with two attached hydrogens (primary N) is 1. The molecule has 0 bridgehead atoms. The molecule has 3 nitrogen and oxygen atoms in total. The van der Waals surface area contributed by atoms with Gasteiger partial charge in [0.15, 0.2) is 11.6 Å². The third-order valence-corrected chi connectivity index (χ3v) is 2.59. The van der Waals surface area contributed by atoms with Crippen molar-refractivity contribution in [3.63, 3.8) is 0 Å². The standard InChI is InChI=1S/C13H10F2N2OS/c1-7-2-4-9(12(16)19)13(17-7)18-8-3-5-10(14)11(15)6-8/h2-6H,1H3,(H2,16,19). The molecular formula is C13H10F2N2OS. The van der Waals surface area contributed by atoms with Crippen LogP contribution in [0.3, 0.4) is 0 Å². The lowest BCUT2D eigenvalue weighted by Crippen LogP contribution is -2.12. The number of thiocarbonyl (C=S) groups is 1. The fraction of sp³-hybridized carbons (Fsp3) is 0.0769. The van der Waals surface area contributed by atoms with Crippen LogP contribution in [0.25, 0.3) is 0 Å². The fourth-order valence-electron chi connectivity index (χ4n) is 1.45. The Morgan fingerprint density at radius 1 is 1.21 bits per heavy atom. The zero-order valence-electron chi connectivity index (χ0n) is 9.98. The number of aromatic nitrogens is 1. The van der Waals surface area contributed by atoms with Crippen LogP contribution in [0.4, 0.5) is 8.78 Å². The Morgan fingerprint density at radius 2 is 1.95 bits per heavy atom. The van der Waals surface area contributed by atoms with Crippen LogP contribution in [0.1, 0.15) is 11.3 Å². The van der Waals surface area contributed by atoms with Gasteiger partial charge in [0.05, 0.1) is 5.56 Å². The predicted octanol–water partition coefficient (Wildman–Crippen LogP) is 3.09. The number of benzene rings is 1. The van der Waals surface area contributed by atoms with E-state index >= 15 is 0 Å². The van der Waals surface area contributed by atoms with E-state index in [2.05, 4.69) is 4.98 Å². The molecule has 0 saturated heterocycles. The van der Waals surface area contributed by atoms with E-state index in [4.69, 9.17) is 22.7 Å². The Morgan fingerprint density at radius 3 is 2.58 bits per heavy atom. The van der Waals surface area contributed by atoms with Gasteiger partial charge in [0.25, 0.3) is 0 Å². The molecule has 2 N–H and O–H groups in total. The molecule has 1 aromatic carbocycles. The van der Waals surface area contributed by atoms with Crippen molar-refractivity contribution in [1.82, 2.24) is 4.98 Å². The van der Waals surface area contributed by atoms with Crippen LogP contribution in [0.2, 0.25) is 0 Å². The van der Waals surface area contributed by atoms with Crippen molar-refractivity contribution in [3.05, 3.63) is 53.2 Å². The largest absolute Gasteiger partial charge is 0.438 e. The Hall–Kier alpha value is -2.08. The van der Waals surface area contributed by atoms with Crippen molar-refractivity contribution >= 4 is 17.2 Å². The van der Waals surface area contributed by atoms with Crippen LogP contribution in [0, 0.1) is 18.6 Å². The van der Waals surface area contributed by atoms with E-state index in [0.29, 0.717) is 11.3 Å². The van der Waals surface area contributed by atoms with Crippen LogP contribution < -0.4 is 10.5 Å². The lowest BCUT2D eigenvalue weighted by atomic mass is 10.2. The van der Waals surface area contributed by atoms with Gasteiger partial charge < -0.3 is 10.5 Å². The molecule has 0 aliphatic carbocycles. The van der Waals surface area contributed by atoms with E-state index in [-0.39, 0.29) is 16.6 Å². The molecule has 0 aliphatic heterocycles. The summed E-state index contributed by atoms with van der Waals surface area (Å²) in [5.74, 6) is -1.66. The molecule has 0 radical (unpaired) electrons. The lowest BCUT2D eigenvalue weighted by Gasteiger charge is -2.10. The molecule has 0 aliphatic rings. The third-order valence-electron chi connectivity index (χ3n) is 2.37. The van der Waals surface area contributed by atoms with Crippen molar-refractivity contribution in [2.45, 2.75) is 6.92 Å². The van der Waals surface area contributed by atoms with Crippen molar-refractivity contribution in [2.75, 3.05) is 0 Å². The summed E-state index contributed by atoms with van der Waals surface area (Å²) in [6.07, 6.45) is 0.